The van der Waals surface area contributed by atoms with Crippen LogP contribution in [0.4, 0.5) is 5.69 Å². The predicted molar refractivity (Wildman–Crippen MR) is 69.5 cm³/mol. The van der Waals surface area contributed by atoms with E-state index in [0.717, 1.165) is 0 Å². The number of nitro benzene ring substituents is 1. The summed E-state index contributed by atoms with van der Waals surface area (Å²) in [5.41, 5.74) is 0.0982. The van der Waals surface area contributed by atoms with E-state index in [1.807, 2.05) is 0 Å². The molecule has 1 amide bonds. The maximum Gasteiger partial charge on any atom is 0.284 e. The number of rotatable bonds is 5. The second-order valence-electron chi connectivity index (χ2n) is 3.70. The summed E-state index contributed by atoms with van der Waals surface area (Å²) in [7, 11) is 1.59. The zero-order valence-corrected chi connectivity index (χ0v) is 11.4. The molecule has 0 heterocycles. The van der Waals surface area contributed by atoms with Crippen LogP contribution in [0.15, 0.2) is 22.7 Å². The molecule has 1 rings (SSSR count). The number of nitrogens with zero attached hydrogens (tertiary/aromatic N) is 2. The summed E-state index contributed by atoms with van der Waals surface area (Å²) in [5.74, 6) is -0.320. The van der Waals surface area contributed by atoms with Gasteiger partial charge in [0.1, 0.15) is 4.47 Å². The molecule has 98 valence electrons. The van der Waals surface area contributed by atoms with Crippen molar-refractivity contribution in [3.05, 3.63) is 38.3 Å². The van der Waals surface area contributed by atoms with E-state index < -0.39 is 4.92 Å². The van der Waals surface area contributed by atoms with Gasteiger partial charge in [-0.3, -0.25) is 14.9 Å². The molecule has 0 unspecified atom stereocenters. The molecular formula is C11H13BrN2O4. The Hall–Kier alpha value is -1.47. The molecule has 1 N–H and O–H groups in total. The van der Waals surface area contributed by atoms with Gasteiger partial charge < -0.3 is 10.0 Å². The largest absolute Gasteiger partial charge is 0.396 e. The number of carbonyl (C=O) groups excluding carboxylic acids is 1. The van der Waals surface area contributed by atoms with Crippen molar-refractivity contribution < 1.29 is 14.8 Å². The van der Waals surface area contributed by atoms with Crippen LogP contribution in [0.25, 0.3) is 0 Å². The lowest BCUT2D eigenvalue weighted by Gasteiger charge is -2.17. The van der Waals surface area contributed by atoms with Gasteiger partial charge in [-0.15, -0.1) is 0 Å². The summed E-state index contributed by atoms with van der Waals surface area (Å²) in [4.78, 5) is 23.7. The average Bonchev–Trinajstić information content (AvgIpc) is 2.35. The number of amides is 1. The van der Waals surface area contributed by atoms with Crippen molar-refractivity contribution in [1.82, 2.24) is 4.90 Å². The van der Waals surface area contributed by atoms with Gasteiger partial charge in [-0.2, -0.15) is 0 Å². The van der Waals surface area contributed by atoms with Gasteiger partial charge in [-0.1, -0.05) is 6.07 Å². The third kappa shape index (κ3) is 3.27. The number of benzene rings is 1. The van der Waals surface area contributed by atoms with Crippen LogP contribution in [-0.4, -0.2) is 41.0 Å². The van der Waals surface area contributed by atoms with Crippen LogP contribution in [0, 0.1) is 10.1 Å². The second kappa shape index (κ2) is 6.46. The van der Waals surface area contributed by atoms with Crippen molar-refractivity contribution in [1.29, 1.82) is 0 Å². The molecule has 1 aromatic carbocycles. The summed E-state index contributed by atoms with van der Waals surface area (Å²) < 4.78 is 0.177. The van der Waals surface area contributed by atoms with Crippen molar-refractivity contribution in [2.75, 3.05) is 20.2 Å². The molecule has 0 aliphatic heterocycles. The fraction of sp³-hybridized carbons (Fsp3) is 0.364. The molecule has 0 bridgehead atoms. The molecule has 0 spiro atoms. The van der Waals surface area contributed by atoms with Gasteiger partial charge in [0, 0.05) is 26.3 Å². The Labute approximate surface area is 112 Å². The highest BCUT2D eigenvalue weighted by Crippen LogP contribution is 2.28. The zero-order chi connectivity index (χ0) is 13.7. The van der Waals surface area contributed by atoms with Gasteiger partial charge in [-0.05, 0) is 28.4 Å². The lowest BCUT2D eigenvalue weighted by Crippen LogP contribution is -2.28. The summed E-state index contributed by atoms with van der Waals surface area (Å²) in [6.07, 6.45) is 0.467. The molecule has 0 fully saturated rings. The first-order valence-corrected chi connectivity index (χ1v) is 6.07. The molecule has 7 heteroatoms. The van der Waals surface area contributed by atoms with Crippen molar-refractivity contribution in [3.8, 4) is 0 Å². The van der Waals surface area contributed by atoms with Gasteiger partial charge in [0.25, 0.3) is 11.6 Å². The summed E-state index contributed by atoms with van der Waals surface area (Å²) in [6, 6.07) is 4.32. The SMILES string of the molecule is CN(CCCO)C(=O)c1cccc([N+](=O)[O-])c1Br. The predicted octanol–water partition coefficient (Wildman–Crippen LogP) is 1.81. The number of carbonyl (C=O) groups is 1. The van der Waals surface area contributed by atoms with E-state index in [1.54, 1.807) is 7.05 Å². The minimum Gasteiger partial charge on any atom is -0.396 e. The number of hydrogen-bond donors (Lipinski definition) is 1. The lowest BCUT2D eigenvalue weighted by molar-refractivity contribution is -0.385. The molecule has 0 radical (unpaired) electrons. The molecule has 0 saturated carbocycles. The Morgan fingerprint density at radius 1 is 1.56 bits per heavy atom. The van der Waals surface area contributed by atoms with Gasteiger partial charge in [0.2, 0.25) is 0 Å². The number of halogens is 1. The monoisotopic (exact) mass is 316 g/mol. The maximum atomic E-state index is 12.0. The van der Waals surface area contributed by atoms with E-state index in [1.165, 1.54) is 23.1 Å². The third-order valence-corrected chi connectivity index (χ3v) is 3.24. The van der Waals surface area contributed by atoms with Crippen LogP contribution in [0.2, 0.25) is 0 Å². The minimum absolute atomic E-state index is 0.00622. The number of aliphatic hydroxyl groups is 1. The van der Waals surface area contributed by atoms with Gasteiger partial charge >= 0.3 is 0 Å². The molecule has 0 aliphatic carbocycles. The van der Waals surface area contributed by atoms with Crippen molar-refractivity contribution in [3.63, 3.8) is 0 Å². The summed E-state index contributed by atoms with van der Waals surface area (Å²) in [6.45, 7) is 0.387. The molecule has 0 atom stereocenters. The van der Waals surface area contributed by atoms with E-state index >= 15 is 0 Å². The Morgan fingerprint density at radius 2 is 2.22 bits per heavy atom. The van der Waals surface area contributed by atoms with Crippen LogP contribution in [0.1, 0.15) is 16.8 Å². The van der Waals surface area contributed by atoms with Crippen LogP contribution < -0.4 is 0 Å². The van der Waals surface area contributed by atoms with Crippen molar-refractivity contribution in [2.24, 2.45) is 0 Å². The second-order valence-corrected chi connectivity index (χ2v) is 4.49. The molecule has 1 aromatic rings. The van der Waals surface area contributed by atoms with Crippen LogP contribution in [0.5, 0.6) is 0 Å². The fourth-order valence-corrected chi connectivity index (χ4v) is 2.02. The summed E-state index contributed by atoms with van der Waals surface area (Å²) >= 11 is 3.08. The topological polar surface area (TPSA) is 83.7 Å². The lowest BCUT2D eigenvalue weighted by atomic mass is 10.1. The first kappa shape index (κ1) is 14.6. The van der Waals surface area contributed by atoms with E-state index in [0.29, 0.717) is 13.0 Å². The summed E-state index contributed by atoms with van der Waals surface area (Å²) in [5, 5.41) is 19.5. The first-order valence-electron chi connectivity index (χ1n) is 5.28. The molecule has 0 aliphatic rings. The van der Waals surface area contributed by atoms with E-state index in [9.17, 15) is 14.9 Å². The van der Waals surface area contributed by atoms with E-state index in [2.05, 4.69) is 15.9 Å². The van der Waals surface area contributed by atoms with Crippen molar-refractivity contribution >= 4 is 27.5 Å². The maximum absolute atomic E-state index is 12.0. The van der Waals surface area contributed by atoms with Gasteiger partial charge in [0.15, 0.2) is 0 Å². The third-order valence-electron chi connectivity index (χ3n) is 2.40. The smallest absolute Gasteiger partial charge is 0.284 e. The zero-order valence-electron chi connectivity index (χ0n) is 9.80. The highest BCUT2D eigenvalue weighted by atomic mass is 79.9. The van der Waals surface area contributed by atoms with Gasteiger partial charge in [0.05, 0.1) is 10.5 Å². The normalized spacial score (nSPS) is 10.2. The first-order chi connectivity index (χ1) is 8.49. The fourth-order valence-electron chi connectivity index (χ4n) is 1.44. The Bertz CT molecular complexity index is 464. The molecule has 6 nitrogen and oxygen atoms in total. The Morgan fingerprint density at radius 3 is 2.78 bits per heavy atom. The van der Waals surface area contributed by atoms with Gasteiger partial charge in [-0.25, -0.2) is 0 Å². The molecule has 0 aromatic heterocycles. The minimum atomic E-state index is -0.547. The van der Waals surface area contributed by atoms with Crippen LogP contribution in [0.3, 0.4) is 0 Å². The average molecular weight is 317 g/mol. The van der Waals surface area contributed by atoms with Crippen LogP contribution >= 0.6 is 15.9 Å². The van der Waals surface area contributed by atoms with E-state index in [-0.39, 0.29) is 28.2 Å². The number of hydrogen-bond acceptors (Lipinski definition) is 4. The van der Waals surface area contributed by atoms with Crippen LogP contribution in [-0.2, 0) is 0 Å². The molecule has 0 saturated heterocycles. The Balaban J connectivity index is 2.99. The molecule has 18 heavy (non-hydrogen) atoms. The van der Waals surface area contributed by atoms with Crippen molar-refractivity contribution in [2.45, 2.75) is 6.42 Å². The number of nitro groups is 1. The highest BCUT2D eigenvalue weighted by Gasteiger charge is 2.21. The molecular weight excluding hydrogens is 304 g/mol. The standard InChI is InChI=1S/C11H13BrN2O4/c1-13(6-3-7-15)11(16)8-4-2-5-9(10(8)12)14(17)18/h2,4-5,15H,3,6-7H2,1H3. The number of aliphatic hydroxyl groups excluding tert-OH is 1. The Kier molecular flexibility index (Phi) is 5.24. The highest BCUT2D eigenvalue weighted by molar-refractivity contribution is 9.10. The quantitative estimate of drug-likeness (QED) is 0.663. The van der Waals surface area contributed by atoms with E-state index in [4.69, 9.17) is 5.11 Å².